The molecule has 1 aliphatic heterocycles. The monoisotopic (exact) mass is 376 g/mol. The van der Waals surface area contributed by atoms with Gasteiger partial charge in [-0.1, -0.05) is 18.5 Å². The molecule has 1 saturated heterocycles. The van der Waals surface area contributed by atoms with E-state index in [0.717, 1.165) is 12.8 Å². The molecular weight excluding hydrogens is 352 g/mol. The number of hydrogen-bond donors (Lipinski definition) is 1. The lowest BCUT2D eigenvalue weighted by molar-refractivity contribution is 0.144. The molecule has 0 spiro atoms. The van der Waals surface area contributed by atoms with Crippen molar-refractivity contribution in [3.8, 4) is 5.75 Å². The van der Waals surface area contributed by atoms with Crippen molar-refractivity contribution in [1.29, 1.82) is 0 Å². The molecule has 0 aromatic heterocycles. The van der Waals surface area contributed by atoms with Gasteiger partial charge in [0.15, 0.2) is 0 Å². The number of nitrogens with zero attached hydrogens (tertiary/aromatic N) is 1. The van der Waals surface area contributed by atoms with Crippen LogP contribution in [0.4, 0.5) is 0 Å². The summed E-state index contributed by atoms with van der Waals surface area (Å²) in [7, 11) is -2.18. The summed E-state index contributed by atoms with van der Waals surface area (Å²) in [5.74, 6) is 0.501. The van der Waals surface area contributed by atoms with Crippen molar-refractivity contribution in [2.75, 3.05) is 33.4 Å². The predicted octanol–water partition coefficient (Wildman–Crippen LogP) is 2.11. The molecule has 2 N–H and O–H groups in total. The Kier molecular flexibility index (Phi) is 6.88. The Balaban J connectivity index is 2.38. The summed E-state index contributed by atoms with van der Waals surface area (Å²) >= 11 is 6.03. The zero-order valence-corrected chi connectivity index (χ0v) is 15.6. The third-order valence-corrected chi connectivity index (χ3v) is 6.52. The molecule has 136 valence electrons. The van der Waals surface area contributed by atoms with Gasteiger partial charge < -0.3 is 15.2 Å². The van der Waals surface area contributed by atoms with Gasteiger partial charge in [-0.3, -0.25) is 0 Å². The molecule has 2 rings (SSSR count). The Morgan fingerprint density at radius 3 is 2.79 bits per heavy atom. The molecule has 0 saturated carbocycles. The molecule has 1 aromatic rings. The molecule has 1 aromatic carbocycles. The highest BCUT2D eigenvalue weighted by Crippen LogP contribution is 2.34. The molecule has 0 bridgehead atoms. The molecular formula is C16H25ClN2O4S. The largest absolute Gasteiger partial charge is 0.490 e. The first-order chi connectivity index (χ1) is 11.4. The van der Waals surface area contributed by atoms with Crippen molar-refractivity contribution in [3.05, 3.63) is 23.2 Å². The molecule has 2 atom stereocenters. The number of piperidine rings is 1. The van der Waals surface area contributed by atoms with Crippen LogP contribution in [0, 0.1) is 5.92 Å². The summed E-state index contributed by atoms with van der Waals surface area (Å²) in [5, 5.41) is 0.349. The number of hydrogen-bond acceptors (Lipinski definition) is 5. The average molecular weight is 377 g/mol. The van der Waals surface area contributed by atoms with Crippen LogP contribution in [-0.4, -0.2) is 52.2 Å². The minimum atomic E-state index is -3.74. The first-order valence-electron chi connectivity index (χ1n) is 8.05. The first kappa shape index (κ1) is 19.5. The van der Waals surface area contributed by atoms with E-state index >= 15 is 0 Å². The van der Waals surface area contributed by atoms with Gasteiger partial charge in [-0.2, -0.15) is 4.31 Å². The van der Waals surface area contributed by atoms with E-state index in [1.165, 1.54) is 10.4 Å². The molecule has 0 unspecified atom stereocenters. The van der Waals surface area contributed by atoms with Gasteiger partial charge in [-0.25, -0.2) is 8.42 Å². The second-order valence-corrected chi connectivity index (χ2v) is 8.27. The number of methoxy groups -OCH3 is 1. The van der Waals surface area contributed by atoms with Gasteiger partial charge in [0.05, 0.1) is 6.61 Å². The topological polar surface area (TPSA) is 81.9 Å². The van der Waals surface area contributed by atoms with Crippen LogP contribution < -0.4 is 10.5 Å². The van der Waals surface area contributed by atoms with Crippen LogP contribution in [-0.2, 0) is 14.8 Å². The fourth-order valence-corrected chi connectivity index (χ4v) is 5.19. The molecule has 0 radical (unpaired) electrons. The van der Waals surface area contributed by atoms with Crippen LogP contribution in [0.2, 0.25) is 5.02 Å². The van der Waals surface area contributed by atoms with Crippen molar-refractivity contribution in [1.82, 2.24) is 4.31 Å². The normalized spacial score (nSPS) is 22.5. The van der Waals surface area contributed by atoms with Gasteiger partial charge >= 0.3 is 0 Å². The Morgan fingerprint density at radius 1 is 1.38 bits per heavy atom. The maximum absolute atomic E-state index is 13.2. The van der Waals surface area contributed by atoms with Crippen molar-refractivity contribution < 1.29 is 17.9 Å². The molecule has 1 aliphatic rings. The average Bonchev–Trinajstić information content (AvgIpc) is 2.56. The third-order valence-electron chi connectivity index (χ3n) is 4.34. The number of rotatable bonds is 7. The lowest BCUT2D eigenvalue weighted by atomic mass is 9.93. The van der Waals surface area contributed by atoms with Gasteiger partial charge in [-0.15, -0.1) is 0 Å². The summed E-state index contributed by atoms with van der Waals surface area (Å²) in [6.45, 7) is 3.41. The number of nitrogens with two attached hydrogens (primary N) is 1. The molecule has 1 fully saturated rings. The summed E-state index contributed by atoms with van der Waals surface area (Å²) in [6.07, 6.45) is 1.79. The van der Waals surface area contributed by atoms with Gasteiger partial charge in [0.2, 0.25) is 10.0 Å². The Labute approximate surface area is 148 Å². The fourth-order valence-electron chi connectivity index (χ4n) is 3.02. The van der Waals surface area contributed by atoms with E-state index in [0.29, 0.717) is 24.7 Å². The highest BCUT2D eigenvalue weighted by Gasteiger charge is 2.37. The van der Waals surface area contributed by atoms with E-state index in [4.69, 9.17) is 26.8 Å². The van der Waals surface area contributed by atoms with Crippen molar-refractivity contribution in [2.24, 2.45) is 11.7 Å². The van der Waals surface area contributed by atoms with Crippen LogP contribution in [0.25, 0.3) is 0 Å². The smallest absolute Gasteiger partial charge is 0.247 e. The molecule has 1 heterocycles. The Bertz CT molecular complexity index is 653. The third kappa shape index (κ3) is 4.21. The van der Waals surface area contributed by atoms with E-state index < -0.39 is 10.0 Å². The van der Waals surface area contributed by atoms with E-state index in [1.54, 1.807) is 19.2 Å². The maximum Gasteiger partial charge on any atom is 0.247 e. The second kappa shape index (κ2) is 8.49. The standard InChI is InChI=1S/C16H25ClN2O4S/c1-12-4-3-7-19(14(12)11-18)24(20,21)16-10-13(17)5-6-15(16)23-9-8-22-2/h5-6,10,12,14H,3-4,7-9,11,18H2,1-2H3/t12-,14+/m0/s1. The van der Waals surface area contributed by atoms with Gasteiger partial charge in [0.25, 0.3) is 0 Å². The molecule has 0 amide bonds. The zero-order chi connectivity index (χ0) is 17.7. The predicted molar refractivity (Wildman–Crippen MR) is 94.0 cm³/mol. The minimum Gasteiger partial charge on any atom is -0.490 e. The summed E-state index contributed by atoms with van der Waals surface area (Å²) in [6, 6.07) is 4.42. The summed E-state index contributed by atoms with van der Waals surface area (Å²) in [4.78, 5) is 0.0821. The highest BCUT2D eigenvalue weighted by atomic mass is 35.5. The minimum absolute atomic E-state index is 0.0821. The SMILES string of the molecule is COCCOc1ccc(Cl)cc1S(=O)(=O)N1CCC[C@H](C)[C@H]1CN. The molecule has 8 heteroatoms. The lowest BCUT2D eigenvalue weighted by Gasteiger charge is -2.38. The van der Waals surface area contributed by atoms with Crippen LogP contribution in [0.5, 0.6) is 5.75 Å². The van der Waals surface area contributed by atoms with Gasteiger partial charge in [0.1, 0.15) is 17.3 Å². The van der Waals surface area contributed by atoms with Gasteiger partial charge in [-0.05, 0) is 37.0 Å². The van der Waals surface area contributed by atoms with Gasteiger partial charge in [0, 0.05) is 31.3 Å². The van der Waals surface area contributed by atoms with E-state index in [-0.39, 0.29) is 29.2 Å². The van der Waals surface area contributed by atoms with Crippen molar-refractivity contribution in [3.63, 3.8) is 0 Å². The fraction of sp³-hybridized carbons (Fsp3) is 0.625. The number of benzene rings is 1. The van der Waals surface area contributed by atoms with Crippen LogP contribution in [0.3, 0.4) is 0 Å². The number of halogens is 1. The highest BCUT2D eigenvalue weighted by molar-refractivity contribution is 7.89. The summed E-state index contributed by atoms with van der Waals surface area (Å²) < 4.78 is 38.4. The Hall–Kier alpha value is -0.860. The van der Waals surface area contributed by atoms with E-state index in [9.17, 15) is 8.42 Å². The lowest BCUT2D eigenvalue weighted by Crippen LogP contribution is -2.51. The maximum atomic E-state index is 13.2. The quantitative estimate of drug-likeness (QED) is 0.737. The van der Waals surface area contributed by atoms with Crippen LogP contribution in [0.1, 0.15) is 19.8 Å². The van der Waals surface area contributed by atoms with Crippen LogP contribution >= 0.6 is 11.6 Å². The number of sulfonamides is 1. The van der Waals surface area contributed by atoms with Crippen molar-refractivity contribution in [2.45, 2.75) is 30.7 Å². The van der Waals surface area contributed by atoms with Crippen molar-refractivity contribution >= 4 is 21.6 Å². The zero-order valence-electron chi connectivity index (χ0n) is 14.1. The molecule has 6 nitrogen and oxygen atoms in total. The van der Waals surface area contributed by atoms with E-state index in [2.05, 4.69) is 0 Å². The van der Waals surface area contributed by atoms with Crippen LogP contribution in [0.15, 0.2) is 23.1 Å². The molecule has 0 aliphatic carbocycles. The second-order valence-electron chi connectivity index (χ2n) is 5.97. The first-order valence-corrected chi connectivity index (χ1v) is 9.86. The summed E-state index contributed by atoms with van der Waals surface area (Å²) in [5.41, 5.74) is 5.85. The molecule has 24 heavy (non-hydrogen) atoms. The van der Waals surface area contributed by atoms with E-state index in [1.807, 2.05) is 6.92 Å². The Morgan fingerprint density at radius 2 is 2.12 bits per heavy atom. The number of ether oxygens (including phenoxy) is 2.